The SMILES string of the molecule is COc1nc(N=C=S)nc2c1CCC2. The van der Waals surface area contributed by atoms with E-state index in [1.54, 1.807) is 7.11 Å². The Kier molecular flexibility index (Phi) is 2.52. The van der Waals surface area contributed by atoms with Crippen LogP contribution in [0.3, 0.4) is 0 Å². The highest BCUT2D eigenvalue weighted by molar-refractivity contribution is 7.78. The summed E-state index contributed by atoms with van der Waals surface area (Å²) in [6.45, 7) is 0. The average Bonchev–Trinajstić information content (AvgIpc) is 2.65. The van der Waals surface area contributed by atoms with E-state index in [0.717, 1.165) is 30.5 Å². The Morgan fingerprint density at radius 1 is 1.43 bits per heavy atom. The number of thiocarbonyl (C=S) groups is 1. The number of hydrogen-bond acceptors (Lipinski definition) is 5. The smallest absolute Gasteiger partial charge is 0.262 e. The molecule has 1 aromatic rings. The van der Waals surface area contributed by atoms with Crippen molar-refractivity contribution in [2.75, 3.05) is 7.11 Å². The summed E-state index contributed by atoms with van der Waals surface area (Å²) in [6, 6.07) is 0. The van der Waals surface area contributed by atoms with Crippen LogP contribution in [0.5, 0.6) is 5.88 Å². The summed E-state index contributed by atoms with van der Waals surface area (Å²) in [6.07, 6.45) is 3.05. The molecular weight excluding hydrogens is 198 g/mol. The Balaban J connectivity index is 2.54. The first-order valence-corrected chi connectivity index (χ1v) is 4.77. The molecule has 0 atom stereocenters. The number of rotatable bonds is 2. The van der Waals surface area contributed by atoms with E-state index in [1.165, 1.54) is 0 Å². The van der Waals surface area contributed by atoms with E-state index in [0.29, 0.717) is 11.8 Å². The first kappa shape index (κ1) is 9.24. The van der Waals surface area contributed by atoms with Crippen molar-refractivity contribution in [3.63, 3.8) is 0 Å². The van der Waals surface area contributed by atoms with Crippen LogP contribution in [-0.2, 0) is 12.8 Å². The molecule has 1 aliphatic rings. The van der Waals surface area contributed by atoms with Gasteiger partial charge in [-0.15, -0.1) is 0 Å². The van der Waals surface area contributed by atoms with Crippen LogP contribution in [-0.4, -0.2) is 22.2 Å². The summed E-state index contributed by atoms with van der Waals surface area (Å²) in [4.78, 5) is 12.1. The van der Waals surface area contributed by atoms with Crippen molar-refractivity contribution < 1.29 is 4.74 Å². The van der Waals surface area contributed by atoms with Crippen molar-refractivity contribution in [3.8, 4) is 5.88 Å². The van der Waals surface area contributed by atoms with Crippen LogP contribution in [0.25, 0.3) is 0 Å². The normalized spacial score (nSPS) is 13.2. The van der Waals surface area contributed by atoms with Gasteiger partial charge in [-0.25, -0.2) is 4.98 Å². The third-order valence-electron chi connectivity index (χ3n) is 2.22. The van der Waals surface area contributed by atoms with Crippen LogP contribution < -0.4 is 4.74 Å². The quantitative estimate of drug-likeness (QED) is 0.547. The first-order chi connectivity index (χ1) is 6.85. The molecule has 0 saturated carbocycles. The van der Waals surface area contributed by atoms with Crippen molar-refractivity contribution in [3.05, 3.63) is 11.3 Å². The molecule has 2 rings (SSSR count). The van der Waals surface area contributed by atoms with Crippen LogP contribution >= 0.6 is 12.2 Å². The Morgan fingerprint density at radius 2 is 2.29 bits per heavy atom. The van der Waals surface area contributed by atoms with Crippen LogP contribution in [0.1, 0.15) is 17.7 Å². The van der Waals surface area contributed by atoms with Gasteiger partial charge in [-0.3, -0.25) is 0 Å². The van der Waals surface area contributed by atoms with E-state index in [-0.39, 0.29) is 0 Å². The van der Waals surface area contributed by atoms with Gasteiger partial charge in [-0.2, -0.15) is 9.98 Å². The second-order valence-corrected chi connectivity index (χ2v) is 3.20. The van der Waals surface area contributed by atoms with Crippen molar-refractivity contribution in [1.82, 2.24) is 9.97 Å². The Morgan fingerprint density at radius 3 is 3.00 bits per heavy atom. The summed E-state index contributed by atoms with van der Waals surface area (Å²) < 4.78 is 5.17. The number of aliphatic imine (C=N–C) groups is 1. The Hall–Kier alpha value is -1.32. The zero-order valence-corrected chi connectivity index (χ0v) is 8.60. The topological polar surface area (TPSA) is 47.4 Å². The molecule has 0 amide bonds. The first-order valence-electron chi connectivity index (χ1n) is 4.37. The maximum absolute atomic E-state index is 5.17. The van der Waals surface area contributed by atoms with Crippen LogP contribution in [0.2, 0.25) is 0 Å². The van der Waals surface area contributed by atoms with Crippen molar-refractivity contribution in [2.24, 2.45) is 4.99 Å². The zero-order chi connectivity index (χ0) is 9.97. The number of isothiocyanates is 1. The van der Waals surface area contributed by atoms with Crippen LogP contribution in [0.4, 0.5) is 5.95 Å². The predicted octanol–water partition coefficient (Wildman–Crippen LogP) is 1.71. The zero-order valence-electron chi connectivity index (χ0n) is 7.78. The third kappa shape index (κ3) is 1.52. The molecule has 0 N–H and O–H groups in total. The Labute approximate surface area is 87.1 Å². The van der Waals surface area contributed by atoms with E-state index in [2.05, 4.69) is 32.3 Å². The van der Waals surface area contributed by atoms with E-state index in [1.807, 2.05) is 0 Å². The van der Waals surface area contributed by atoms with Crippen LogP contribution in [0.15, 0.2) is 4.99 Å². The van der Waals surface area contributed by atoms with Gasteiger partial charge in [-0.1, -0.05) is 0 Å². The maximum Gasteiger partial charge on any atom is 0.262 e. The summed E-state index contributed by atoms with van der Waals surface area (Å²) in [5.74, 6) is 0.967. The van der Waals surface area contributed by atoms with Gasteiger partial charge in [0.2, 0.25) is 5.88 Å². The second kappa shape index (κ2) is 3.82. The maximum atomic E-state index is 5.17. The molecule has 0 spiro atoms. The summed E-state index contributed by atoms with van der Waals surface area (Å²) >= 11 is 4.50. The minimum Gasteiger partial charge on any atom is -0.481 e. The minimum absolute atomic E-state index is 0.345. The van der Waals surface area contributed by atoms with Gasteiger partial charge in [0, 0.05) is 5.56 Å². The van der Waals surface area contributed by atoms with Crippen molar-refractivity contribution >= 4 is 23.3 Å². The fourth-order valence-electron chi connectivity index (χ4n) is 1.65. The van der Waals surface area contributed by atoms with Gasteiger partial charge < -0.3 is 4.74 Å². The third-order valence-corrected chi connectivity index (χ3v) is 2.31. The molecule has 0 aromatic carbocycles. The van der Waals surface area contributed by atoms with E-state index < -0.39 is 0 Å². The number of aromatic nitrogens is 2. The number of aryl methyl sites for hydroxylation is 1. The monoisotopic (exact) mass is 207 g/mol. The van der Waals surface area contributed by atoms with Gasteiger partial charge in [0.05, 0.1) is 18.0 Å². The predicted molar refractivity (Wildman–Crippen MR) is 55.3 cm³/mol. The van der Waals surface area contributed by atoms with E-state index >= 15 is 0 Å². The summed E-state index contributed by atoms with van der Waals surface area (Å²) in [7, 11) is 1.60. The highest BCUT2D eigenvalue weighted by Crippen LogP contribution is 2.29. The highest BCUT2D eigenvalue weighted by atomic mass is 32.1. The van der Waals surface area contributed by atoms with Crippen molar-refractivity contribution in [2.45, 2.75) is 19.3 Å². The minimum atomic E-state index is 0.345. The molecule has 4 nitrogen and oxygen atoms in total. The van der Waals surface area contributed by atoms with Crippen molar-refractivity contribution in [1.29, 1.82) is 0 Å². The largest absolute Gasteiger partial charge is 0.481 e. The summed E-state index contributed by atoms with van der Waals surface area (Å²) in [5.41, 5.74) is 2.14. The van der Waals surface area contributed by atoms with Gasteiger partial charge in [-0.05, 0) is 31.5 Å². The molecular formula is C9H9N3OS. The lowest BCUT2D eigenvalue weighted by atomic mass is 10.2. The van der Waals surface area contributed by atoms with Crippen LogP contribution in [0, 0.1) is 0 Å². The lowest BCUT2D eigenvalue weighted by molar-refractivity contribution is 0.392. The number of ether oxygens (including phenoxy) is 1. The Bertz CT molecular complexity index is 413. The fourth-order valence-corrected chi connectivity index (χ4v) is 1.73. The van der Waals surface area contributed by atoms with Gasteiger partial charge in [0.25, 0.3) is 5.95 Å². The molecule has 0 unspecified atom stereocenters. The molecule has 5 heteroatoms. The lowest BCUT2D eigenvalue weighted by Crippen LogP contribution is -1.97. The van der Waals surface area contributed by atoms with Gasteiger partial charge >= 0.3 is 0 Å². The molecule has 1 aliphatic carbocycles. The molecule has 0 bridgehead atoms. The molecule has 14 heavy (non-hydrogen) atoms. The number of hydrogen-bond donors (Lipinski definition) is 0. The molecule has 0 fully saturated rings. The van der Waals surface area contributed by atoms with E-state index in [4.69, 9.17) is 4.74 Å². The molecule has 0 saturated heterocycles. The molecule has 0 radical (unpaired) electrons. The number of methoxy groups -OCH3 is 1. The van der Waals surface area contributed by atoms with E-state index in [9.17, 15) is 0 Å². The molecule has 72 valence electrons. The average molecular weight is 207 g/mol. The second-order valence-electron chi connectivity index (χ2n) is 3.01. The molecule has 0 aliphatic heterocycles. The molecule has 1 aromatic heterocycles. The molecule has 1 heterocycles. The van der Waals surface area contributed by atoms with Gasteiger partial charge in [0.1, 0.15) is 0 Å². The highest BCUT2D eigenvalue weighted by Gasteiger charge is 2.19. The van der Waals surface area contributed by atoms with Gasteiger partial charge in [0.15, 0.2) is 0 Å². The fraction of sp³-hybridized carbons (Fsp3) is 0.444. The number of nitrogens with zero attached hydrogens (tertiary/aromatic N) is 3. The standard InChI is InChI=1S/C9H9N3OS/c1-13-8-6-3-2-4-7(6)11-9(12-8)10-5-14/h2-4H2,1H3. The lowest BCUT2D eigenvalue weighted by Gasteiger charge is -2.05. The summed E-state index contributed by atoms with van der Waals surface area (Å²) in [5, 5.41) is 2.25. The number of fused-ring (bicyclic) bond motifs is 1.